The number of benzene rings is 3. The predicted octanol–water partition coefficient (Wildman–Crippen LogP) is 4.10. The number of hydrogen-bond acceptors (Lipinski definition) is 4. The highest BCUT2D eigenvalue weighted by Crippen LogP contribution is 2.31. The van der Waals surface area contributed by atoms with E-state index in [1.165, 1.54) is 11.0 Å². The zero-order valence-electron chi connectivity index (χ0n) is 18.6. The molecule has 162 valence electrons. The molecule has 0 bridgehead atoms. The summed E-state index contributed by atoms with van der Waals surface area (Å²) >= 11 is 0. The van der Waals surface area contributed by atoms with Gasteiger partial charge in [0, 0.05) is 31.9 Å². The van der Waals surface area contributed by atoms with Crippen molar-refractivity contribution in [2.45, 2.75) is 20.4 Å². The predicted molar refractivity (Wildman–Crippen MR) is 125 cm³/mol. The van der Waals surface area contributed by atoms with E-state index in [0.717, 1.165) is 22.4 Å². The number of fused-ring (bicyclic) bond motifs is 1. The van der Waals surface area contributed by atoms with Crippen LogP contribution in [0.5, 0.6) is 0 Å². The van der Waals surface area contributed by atoms with Gasteiger partial charge < -0.3 is 10.2 Å². The van der Waals surface area contributed by atoms with Crippen LogP contribution in [-0.4, -0.2) is 31.8 Å². The number of imide groups is 1. The van der Waals surface area contributed by atoms with Gasteiger partial charge in [0.15, 0.2) is 0 Å². The Balaban J connectivity index is 1.55. The lowest BCUT2D eigenvalue weighted by Crippen LogP contribution is -2.30. The Bertz CT molecular complexity index is 1250. The molecule has 4 rings (SSSR count). The van der Waals surface area contributed by atoms with E-state index in [-0.39, 0.29) is 17.4 Å². The largest absolute Gasteiger partial charge is 0.378 e. The highest BCUT2D eigenvalue weighted by atomic mass is 16.2. The molecule has 0 atom stereocenters. The fourth-order valence-corrected chi connectivity index (χ4v) is 3.79. The minimum Gasteiger partial charge on any atom is -0.378 e. The molecule has 3 aromatic rings. The van der Waals surface area contributed by atoms with E-state index in [1.54, 1.807) is 12.1 Å². The fraction of sp³-hybridized carbons (Fsp3) is 0.192. The zero-order chi connectivity index (χ0) is 23.0. The lowest BCUT2D eigenvalue weighted by Gasteiger charge is -2.17. The first-order valence-electron chi connectivity index (χ1n) is 10.4. The Labute approximate surface area is 187 Å². The summed E-state index contributed by atoms with van der Waals surface area (Å²) in [6.07, 6.45) is 0. The number of hydrogen-bond donors (Lipinski definition) is 1. The SMILES string of the molecule is Cc1ccc(C)c(N2C(=O)c3ccc(C(=O)NCc4cccc(N(C)C)c4)cc3C2=O)c1. The quantitative estimate of drug-likeness (QED) is 0.623. The van der Waals surface area contributed by atoms with Gasteiger partial charge in [0.1, 0.15) is 0 Å². The number of amides is 3. The molecule has 32 heavy (non-hydrogen) atoms. The van der Waals surface area contributed by atoms with Crippen LogP contribution in [0.1, 0.15) is 47.8 Å². The topological polar surface area (TPSA) is 69.7 Å². The van der Waals surface area contributed by atoms with Gasteiger partial charge in [-0.3, -0.25) is 14.4 Å². The maximum atomic E-state index is 13.1. The molecule has 1 heterocycles. The maximum Gasteiger partial charge on any atom is 0.266 e. The van der Waals surface area contributed by atoms with E-state index in [2.05, 4.69) is 5.32 Å². The van der Waals surface area contributed by atoms with Crippen LogP contribution in [0, 0.1) is 13.8 Å². The smallest absolute Gasteiger partial charge is 0.266 e. The van der Waals surface area contributed by atoms with Crippen molar-refractivity contribution in [2.75, 3.05) is 23.9 Å². The molecule has 6 nitrogen and oxygen atoms in total. The number of carbonyl (C=O) groups is 3. The van der Waals surface area contributed by atoms with Gasteiger partial charge in [-0.05, 0) is 66.9 Å². The first kappa shape index (κ1) is 21.3. The van der Waals surface area contributed by atoms with Crippen molar-refractivity contribution >= 4 is 29.1 Å². The molecule has 0 saturated heterocycles. The average molecular weight is 428 g/mol. The van der Waals surface area contributed by atoms with Gasteiger partial charge in [0.25, 0.3) is 17.7 Å². The van der Waals surface area contributed by atoms with Crippen molar-refractivity contribution in [3.63, 3.8) is 0 Å². The highest BCUT2D eigenvalue weighted by molar-refractivity contribution is 6.35. The first-order chi connectivity index (χ1) is 15.3. The third kappa shape index (κ3) is 3.87. The molecule has 1 N–H and O–H groups in total. The van der Waals surface area contributed by atoms with Crippen molar-refractivity contribution < 1.29 is 14.4 Å². The lowest BCUT2D eigenvalue weighted by atomic mass is 10.1. The normalized spacial score (nSPS) is 12.7. The summed E-state index contributed by atoms with van der Waals surface area (Å²) in [5, 5.41) is 2.89. The van der Waals surface area contributed by atoms with Crippen LogP contribution in [0.15, 0.2) is 60.7 Å². The van der Waals surface area contributed by atoms with Crippen molar-refractivity contribution in [3.8, 4) is 0 Å². The number of anilines is 2. The van der Waals surface area contributed by atoms with Gasteiger partial charge in [-0.15, -0.1) is 0 Å². The molecule has 0 saturated carbocycles. The van der Waals surface area contributed by atoms with Gasteiger partial charge in [-0.25, -0.2) is 4.90 Å². The molecule has 0 aromatic heterocycles. The zero-order valence-corrected chi connectivity index (χ0v) is 18.6. The van der Waals surface area contributed by atoms with Crippen LogP contribution in [0.25, 0.3) is 0 Å². The van der Waals surface area contributed by atoms with Crippen LogP contribution in [-0.2, 0) is 6.54 Å². The number of aryl methyl sites for hydroxylation is 2. The Morgan fingerprint density at radius 2 is 1.66 bits per heavy atom. The molecule has 0 unspecified atom stereocenters. The summed E-state index contributed by atoms with van der Waals surface area (Å²) in [6.45, 7) is 4.14. The summed E-state index contributed by atoms with van der Waals surface area (Å²) in [5.41, 5.74) is 5.29. The summed E-state index contributed by atoms with van der Waals surface area (Å²) in [7, 11) is 3.92. The summed E-state index contributed by atoms with van der Waals surface area (Å²) in [4.78, 5) is 42.0. The Kier molecular flexibility index (Phi) is 5.53. The van der Waals surface area contributed by atoms with Crippen molar-refractivity contribution in [2.24, 2.45) is 0 Å². The van der Waals surface area contributed by atoms with Gasteiger partial charge in [-0.1, -0.05) is 24.3 Å². The van der Waals surface area contributed by atoms with Crippen LogP contribution in [0.2, 0.25) is 0 Å². The molecular weight excluding hydrogens is 402 g/mol. The second-order valence-corrected chi connectivity index (χ2v) is 8.24. The van der Waals surface area contributed by atoms with Gasteiger partial charge in [0.05, 0.1) is 16.8 Å². The number of rotatable bonds is 5. The Hall–Kier alpha value is -3.93. The number of nitrogens with zero attached hydrogens (tertiary/aromatic N) is 2. The molecule has 6 heteroatoms. The van der Waals surface area contributed by atoms with Crippen molar-refractivity contribution in [3.05, 3.63) is 94.0 Å². The number of nitrogens with one attached hydrogen (secondary N) is 1. The molecule has 0 aliphatic carbocycles. The van der Waals surface area contributed by atoms with E-state index in [0.29, 0.717) is 23.4 Å². The first-order valence-corrected chi connectivity index (χ1v) is 10.4. The second-order valence-electron chi connectivity index (χ2n) is 8.24. The van der Waals surface area contributed by atoms with E-state index < -0.39 is 5.91 Å². The summed E-state index contributed by atoms with van der Waals surface area (Å²) in [6, 6.07) is 18.2. The van der Waals surface area contributed by atoms with Gasteiger partial charge in [0.2, 0.25) is 0 Å². The Morgan fingerprint density at radius 3 is 2.41 bits per heavy atom. The van der Waals surface area contributed by atoms with Crippen LogP contribution < -0.4 is 15.1 Å². The van der Waals surface area contributed by atoms with E-state index in [1.807, 2.05) is 75.3 Å². The van der Waals surface area contributed by atoms with Crippen LogP contribution in [0.3, 0.4) is 0 Å². The molecule has 1 aliphatic rings. The molecule has 0 fully saturated rings. The number of carbonyl (C=O) groups excluding carboxylic acids is 3. The molecule has 3 aromatic carbocycles. The molecule has 0 spiro atoms. The standard InChI is InChI=1S/C26H25N3O3/c1-16-8-9-17(2)23(12-16)29-25(31)21-11-10-19(14-22(21)26(29)32)24(30)27-15-18-6-5-7-20(13-18)28(3)4/h5-14H,15H2,1-4H3,(H,27,30). The maximum absolute atomic E-state index is 13.1. The second kappa shape index (κ2) is 8.30. The van der Waals surface area contributed by atoms with E-state index >= 15 is 0 Å². The van der Waals surface area contributed by atoms with E-state index in [4.69, 9.17) is 0 Å². The minimum absolute atomic E-state index is 0.248. The molecule has 3 amide bonds. The Morgan fingerprint density at radius 1 is 0.906 bits per heavy atom. The third-order valence-corrected chi connectivity index (χ3v) is 5.63. The van der Waals surface area contributed by atoms with Crippen LogP contribution >= 0.6 is 0 Å². The minimum atomic E-state index is -0.410. The third-order valence-electron chi connectivity index (χ3n) is 5.63. The highest BCUT2D eigenvalue weighted by Gasteiger charge is 2.37. The monoisotopic (exact) mass is 427 g/mol. The molecule has 0 radical (unpaired) electrons. The fourth-order valence-electron chi connectivity index (χ4n) is 3.79. The van der Waals surface area contributed by atoms with Crippen molar-refractivity contribution in [1.29, 1.82) is 0 Å². The van der Waals surface area contributed by atoms with Crippen LogP contribution in [0.4, 0.5) is 11.4 Å². The average Bonchev–Trinajstić information content (AvgIpc) is 3.03. The lowest BCUT2D eigenvalue weighted by molar-refractivity contribution is 0.0923. The van der Waals surface area contributed by atoms with Gasteiger partial charge >= 0.3 is 0 Å². The van der Waals surface area contributed by atoms with E-state index in [9.17, 15) is 14.4 Å². The van der Waals surface area contributed by atoms with Gasteiger partial charge in [-0.2, -0.15) is 0 Å². The van der Waals surface area contributed by atoms with Crippen molar-refractivity contribution in [1.82, 2.24) is 5.32 Å². The summed E-state index contributed by atoms with van der Waals surface area (Å²) < 4.78 is 0. The summed E-state index contributed by atoms with van der Waals surface area (Å²) in [5.74, 6) is -1.08. The molecular formula is C26H25N3O3. The molecule has 1 aliphatic heterocycles.